The third-order valence-corrected chi connectivity index (χ3v) is 3.44. The average molecular weight is 244 g/mol. The van der Waals surface area contributed by atoms with E-state index in [1.165, 1.54) is 0 Å². The first kappa shape index (κ1) is 16.4. The predicted octanol–water partition coefficient (Wildman–Crippen LogP) is 3.42. The molecule has 0 amide bonds. The summed E-state index contributed by atoms with van der Waals surface area (Å²) in [7, 11) is 0. The van der Waals surface area contributed by atoms with E-state index in [2.05, 4.69) is 20.8 Å². The summed E-state index contributed by atoms with van der Waals surface area (Å²) in [4.78, 5) is 12.2. The van der Waals surface area contributed by atoms with Crippen LogP contribution < -0.4 is 0 Å². The molecular weight excluding hydrogens is 216 g/mol. The number of unbranched alkanes of at least 4 members (excludes halogenated alkanes) is 1. The second-order valence-electron chi connectivity index (χ2n) is 4.79. The Labute approximate surface area is 106 Å². The molecule has 0 saturated carbocycles. The number of hydrogen-bond acceptors (Lipinski definition) is 3. The third-order valence-electron chi connectivity index (χ3n) is 3.44. The lowest BCUT2D eigenvalue weighted by Crippen LogP contribution is -2.41. The Balaban J connectivity index is 4.58. The minimum Gasteiger partial charge on any atom is -0.465 e. The van der Waals surface area contributed by atoms with Gasteiger partial charge in [0.05, 0.1) is 18.6 Å². The average Bonchev–Trinajstić information content (AvgIpc) is 2.30. The highest BCUT2D eigenvalue weighted by atomic mass is 16.5. The van der Waals surface area contributed by atoms with Gasteiger partial charge in [0, 0.05) is 6.61 Å². The zero-order chi connectivity index (χ0) is 13.3. The lowest BCUT2D eigenvalue weighted by molar-refractivity contribution is -0.164. The molecule has 102 valence electrons. The van der Waals surface area contributed by atoms with Gasteiger partial charge in [-0.1, -0.05) is 34.1 Å². The van der Waals surface area contributed by atoms with Gasteiger partial charge in [-0.3, -0.25) is 4.79 Å². The molecule has 0 aromatic rings. The molecule has 0 aliphatic carbocycles. The maximum atomic E-state index is 12.2. The number of esters is 1. The molecule has 0 N–H and O–H groups in total. The van der Waals surface area contributed by atoms with Crippen molar-refractivity contribution in [1.29, 1.82) is 0 Å². The van der Waals surface area contributed by atoms with Crippen LogP contribution in [0.3, 0.4) is 0 Å². The number of carbonyl (C=O) groups excluding carboxylic acids is 1. The minimum atomic E-state index is -0.482. The van der Waals surface area contributed by atoms with Crippen molar-refractivity contribution in [1.82, 2.24) is 0 Å². The second-order valence-corrected chi connectivity index (χ2v) is 4.79. The van der Waals surface area contributed by atoms with Crippen LogP contribution in [0.25, 0.3) is 0 Å². The van der Waals surface area contributed by atoms with E-state index in [1.54, 1.807) is 0 Å². The summed E-state index contributed by atoms with van der Waals surface area (Å²) < 4.78 is 10.9. The van der Waals surface area contributed by atoms with E-state index < -0.39 is 5.41 Å². The molecule has 0 heterocycles. The third kappa shape index (κ3) is 4.66. The van der Waals surface area contributed by atoms with Gasteiger partial charge in [-0.25, -0.2) is 0 Å². The maximum absolute atomic E-state index is 12.2. The van der Waals surface area contributed by atoms with Crippen molar-refractivity contribution in [3.63, 3.8) is 0 Å². The smallest absolute Gasteiger partial charge is 0.314 e. The van der Waals surface area contributed by atoms with Gasteiger partial charge in [-0.05, 0) is 25.7 Å². The number of rotatable bonds is 9. The summed E-state index contributed by atoms with van der Waals surface area (Å²) in [5, 5.41) is 0. The summed E-state index contributed by atoms with van der Waals surface area (Å²) in [6, 6.07) is 0. The lowest BCUT2D eigenvalue weighted by Gasteiger charge is -2.33. The molecule has 0 radical (unpaired) electrons. The topological polar surface area (TPSA) is 35.5 Å². The van der Waals surface area contributed by atoms with Gasteiger partial charge in [-0.2, -0.15) is 0 Å². The zero-order valence-electron chi connectivity index (χ0n) is 12.0. The van der Waals surface area contributed by atoms with Crippen LogP contribution in [0.5, 0.6) is 0 Å². The van der Waals surface area contributed by atoms with E-state index in [4.69, 9.17) is 9.47 Å². The maximum Gasteiger partial charge on any atom is 0.314 e. The van der Waals surface area contributed by atoms with E-state index in [0.29, 0.717) is 19.8 Å². The standard InChI is InChI=1S/C14H28O3/c1-6-9-10-17-13(15)14(7-2,12(4)5)11-16-8-3/h12H,6-11H2,1-5H3. The Kier molecular flexibility index (Phi) is 8.23. The van der Waals surface area contributed by atoms with Gasteiger partial charge >= 0.3 is 5.97 Å². The van der Waals surface area contributed by atoms with E-state index in [-0.39, 0.29) is 11.9 Å². The summed E-state index contributed by atoms with van der Waals surface area (Å²) >= 11 is 0. The van der Waals surface area contributed by atoms with Crippen LogP contribution >= 0.6 is 0 Å². The largest absolute Gasteiger partial charge is 0.465 e. The van der Waals surface area contributed by atoms with Crippen LogP contribution in [0.2, 0.25) is 0 Å². The van der Waals surface area contributed by atoms with Crippen LogP contribution in [0, 0.1) is 11.3 Å². The first-order valence-corrected chi connectivity index (χ1v) is 6.80. The number of ether oxygens (including phenoxy) is 2. The van der Waals surface area contributed by atoms with Gasteiger partial charge < -0.3 is 9.47 Å². The van der Waals surface area contributed by atoms with Crippen molar-refractivity contribution in [2.24, 2.45) is 11.3 Å². The van der Waals surface area contributed by atoms with E-state index >= 15 is 0 Å². The first-order chi connectivity index (χ1) is 8.05. The van der Waals surface area contributed by atoms with Gasteiger partial charge in [0.1, 0.15) is 0 Å². The van der Waals surface area contributed by atoms with Crippen LogP contribution in [0.4, 0.5) is 0 Å². The highest BCUT2D eigenvalue weighted by Gasteiger charge is 2.41. The van der Waals surface area contributed by atoms with Crippen molar-refractivity contribution in [3.05, 3.63) is 0 Å². The Morgan fingerprint density at radius 1 is 1.24 bits per heavy atom. The fraction of sp³-hybridized carbons (Fsp3) is 0.929. The molecule has 0 saturated heterocycles. The molecule has 17 heavy (non-hydrogen) atoms. The molecule has 0 rings (SSSR count). The Morgan fingerprint density at radius 3 is 2.29 bits per heavy atom. The normalized spacial score (nSPS) is 14.7. The Hall–Kier alpha value is -0.570. The highest BCUT2D eigenvalue weighted by molar-refractivity contribution is 5.77. The highest BCUT2D eigenvalue weighted by Crippen LogP contribution is 2.33. The fourth-order valence-electron chi connectivity index (χ4n) is 1.85. The van der Waals surface area contributed by atoms with Crippen LogP contribution in [-0.2, 0) is 14.3 Å². The first-order valence-electron chi connectivity index (χ1n) is 6.80. The molecule has 0 bridgehead atoms. The molecule has 3 nitrogen and oxygen atoms in total. The quantitative estimate of drug-likeness (QED) is 0.460. The van der Waals surface area contributed by atoms with Crippen LogP contribution in [0.15, 0.2) is 0 Å². The van der Waals surface area contributed by atoms with Crippen molar-refractivity contribution in [2.75, 3.05) is 19.8 Å². The van der Waals surface area contributed by atoms with Crippen LogP contribution in [0.1, 0.15) is 53.9 Å². The Bertz CT molecular complexity index is 214. The molecule has 3 heteroatoms. The van der Waals surface area contributed by atoms with Crippen molar-refractivity contribution in [3.8, 4) is 0 Å². The molecule has 0 aromatic carbocycles. The summed E-state index contributed by atoms with van der Waals surface area (Å²) in [5.41, 5.74) is -0.482. The van der Waals surface area contributed by atoms with Gasteiger partial charge in [0.25, 0.3) is 0 Å². The number of hydrogen-bond donors (Lipinski definition) is 0. The van der Waals surface area contributed by atoms with Gasteiger partial charge in [0.15, 0.2) is 0 Å². The molecule has 0 aromatic heterocycles. The van der Waals surface area contributed by atoms with Crippen molar-refractivity contribution < 1.29 is 14.3 Å². The molecule has 0 fully saturated rings. The predicted molar refractivity (Wildman–Crippen MR) is 69.9 cm³/mol. The zero-order valence-corrected chi connectivity index (χ0v) is 12.0. The molecule has 0 aliphatic rings. The van der Waals surface area contributed by atoms with Crippen molar-refractivity contribution >= 4 is 5.97 Å². The molecule has 0 aliphatic heterocycles. The van der Waals surface area contributed by atoms with Gasteiger partial charge in [-0.15, -0.1) is 0 Å². The number of carbonyl (C=O) groups is 1. The molecular formula is C14H28O3. The monoisotopic (exact) mass is 244 g/mol. The fourth-order valence-corrected chi connectivity index (χ4v) is 1.85. The summed E-state index contributed by atoms with van der Waals surface area (Å²) in [6.45, 7) is 11.8. The van der Waals surface area contributed by atoms with Crippen LogP contribution in [-0.4, -0.2) is 25.8 Å². The van der Waals surface area contributed by atoms with Gasteiger partial charge in [0.2, 0.25) is 0 Å². The lowest BCUT2D eigenvalue weighted by atomic mass is 9.75. The van der Waals surface area contributed by atoms with E-state index in [9.17, 15) is 4.79 Å². The van der Waals surface area contributed by atoms with Crippen molar-refractivity contribution in [2.45, 2.75) is 53.9 Å². The van der Waals surface area contributed by atoms with E-state index in [0.717, 1.165) is 19.3 Å². The summed E-state index contributed by atoms with van der Waals surface area (Å²) in [6.07, 6.45) is 2.73. The SMILES string of the molecule is CCCCOC(=O)C(CC)(COCC)C(C)C. The molecule has 1 unspecified atom stereocenters. The minimum absolute atomic E-state index is 0.100. The molecule has 0 spiro atoms. The second kappa shape index (κ2) is 8.51. The molecule has 1 atom stereocenters. The Morgan fingerprint density at radius 2 is 1.88 bits per heavy atom. The summed E-state index contributed by atoms with van der Waals surface area (Å²) in [5.74, 6) is 0.130. The van der Waals surface area contributed by atoms with E-state index in [1.807, 2.05) is 13.8 Å².